The molecule has 1 aromatic rings. The number of nitrogens with two attached hydrogens (primary N) is 1. The summed E-state index contributed by atoms with van der Waals surface area (Å²) in [7, 11) is 2.10. The van der Waals surface area contributed by atoms with Crippen LogP contribution in [0, 0.1) is 0 Å². The van der Waals surface area contributed by atoms with Crippen molar-refractivity contribution in [3.8, 4) is 0 Å². The van der Waals surface area contributed by atoms with E-state index in [1.807, 2.05) is 0 Å². The van der Waals surface area contributed by atoms with E-state index in [0.717, 1.165) is 25.9 Å². The fraction of sp³-hybridized carbons (Fsp3) is 0.500. The van der Waals surface area contributed by atoms with Gasteiger partial charge >= 0.3 is 0 Å². The molecule has 0 aromatic carbocycles. The van der Waals surface area contributed by atoms with E-state index < -0.39 is 0 Å². The van der Waals surface area contributed by atoms with Crippen molar-refractivity contribution in [3.05, 3.63) is 24.0 Å². The van der Waals surface area contributed by atoms with E-state index in [2.05, 4.69) is 22.2 Å². The third-order valence-electron chi connectivity index (χ3n) is 3.15. The van der Waals surface area contributed by atoms with Gasteiger partial charge in [0.2, 0.25) is 0 Å². The first-order chi connectivity index (χ1) is 8.16. The summed E-state index contributed by atoms with van der Waals surface area (Å²) in [4.78, 5) is 18.1. The van der Waals surface area contributed by atoms with Gasteiger partial charge < -0.3 is 16.0 Å². The number of hydrogen-bond donors (Lipinski definition) is 2. The Morgan fingerprint density at radius 2 is 2.24 bits per heavy atom. The molecule has 5 heteroatoms. The second-order valence-corrected chi connectivity index (χ2v) is 4.51. The highest BCUT2D eigenvalue weighted by Gasteiger charge is 2.19. The first kappa shape index (κ1) is 11.9. The predicted octanol–water partition coefficient (Wildman–Crippen LogP) is 0.488. The van der Waals surface area contributed by atoms with Crippen molar-refractivity contribution in [2.45, 2.75) is 18.9 Å². The zero-order valence-corrected chi connectivity index (χ0v) is 10.0. The molecule has 0 bridgehead atoms. The van der Waals surface area contributed by atoms with Gasteiger partial charge in [0.15, 0.2) is 0 Å². The number of aromatic nitrogens is 1. The summed E-state index contributed by atoms with van der Waals surface area (Å²) in [5.74, 6) is -0.0977. The van der Waals surface area contributed by atoms with Crippen LogP contribution in [0.15, 0.2) is 18.5 Å². The fourth-order valence-electron chi connectivity index (χ4n) is 2.03. The third kappa shape index (κ3) is 2.94. The van der Waals surface area contributed by atoms with Gasteiger partial charge in [-0.05, 0) is 39.0 Å². The molecular formula is C12H18N4O. The van der Waals surface area contributed by atoms with Crippen molar-refractivity contribution in [2.24, 2.45) is 0 Å². The summed E-state index contributed by atoms with van der Waals surface area (Å²) in [6.45, 7) is 2.05. The van der Waals surface area contributed by atoms with Gasteiger partial charge in [0, 0.05) is 12.2 Å². The van der Waals surface area contributed by atoms with Gasteiger partial charge in [-0.2, -0.15) is 0 Å². The lowest BCUT2D eigenvalue weighted by atomic mass is 10.0. The van der Waals surface area contributed by atoms with Crippen molar-refractivity contribution in [2.75, 3.05) is 25.9 Å². The maximum Gasteiger partial charge on any atom is 0.253 e. The Morgan fingerprint density at radius 3 is 2.88 bits per heavy atom. The van der Waals surface area contributed by atoms with Crippen molar-refractivity contribution in [1.29, 1.82) is 0 Å². The van der Waals surface area contributed by atoms with Gasteiger partial charge in [-0.25, -0.2) is 0 Å². The average molecular weight is 234 g/mol. The van der Waals surface area contributed by atoms with Gasteiger partial charge in [-0.1, -0.05) is 0 Å². The fourth-order valence-corrected chi connectivity index (χ4v) is 2.03. The molecule has 92 valence electrons. The van der Waals surface area contributed by atoms with Crippen LogP contribution in [-0.4, -0.2) is 42.0 Å². The topological polar surface area (TPSA) is 71.2 Å². The lowest BCUT2D eigenvalue weighted by Crippen LogP contribution is -2.43. The summed E-state index contributed by atoms with van der Waals surface area (Å²) in [5, 5.41) is 3.02. The zero-order chi connectivity index (χ0) is 12.3. The van der Waals surface area contributed by atoms with Crippen LogP contribution >= 0.6 is 0 Å². The summed E-state index contributed by atoms with van der Waals surface area (Å²) in [6.07, 6.45) is 5.07. The molecule has 0 atom stereocenters. The number of piperidine rings is 1. The SMILES string of the molecule is CN1CCC(NC(=O)c2ccncc2N)CC1. The lowest BCUT2D eigenvalue weighted by molar-refractivity contribution is 0.0917. The van der Waals surface area contributed by atoms with E-state index in [1.54, 1.807) is 12.3 Å². The minimum atomic E-state index is -0.0977. The second kappa shape index (κ2) is 5.14. The Hall–Kier alpha value is -1.62. The zero-order valence-electron chi connectivity index (χ0n) is 10.0. The third-order valence-corrected chi connectivity index (χ3v) is 3.15. The number of carbonyl (C=O) groups is 1. The Kier molecular flexibility index (Phi) is 3.58. The van der Waals surface area contributed by atoms with Crippen LogP contribution in [0.4, 0.5) is 5.69 Å². The van der Waals surface area contributed by atoms with Crippen molar-refractivity contribution in [3.63, 3.8) is 0 Å². The number of anilines is 1. The van der Waals surface area contributed by atoms with Crippen molar-refractivity contribution in [1.82, 2.24) is 15.2 Å². The molecule has 1 aromatic heterocycles. The number of nitrogen functional groups attached to an aromatic ring is 1. The first-order valence-corrected chi connectivity index (χ1v) is 5.85. The van der Waals surface area contributed by atoms with Crippen LogP contribution in [0.2, 0.25) is 0 Å². The molecule has 1 amide bonds. The summed E-state index contributed by atoms with van der Waals surface area (Å²) >= 11 is 0. The second-order valence-electron chi connectivity index (χ2n) is 4.51. The molecule has 1 aliphatic rings. The molecule has 0 spiro atoms. The van der Waals surface area contributed by atoms with Gasteiger partial charge in [0.1, 0.15) is 0 Å². The van der Waals surface area contributed by atoms with E-state index in [-0.39, 0.29) is 11.9 Å². The van der Waals surface area contributed by atoms with Crippen LogP contribution in [0.3, 0.4) is 0 Å². The quantitative estimate of drug-likeness (QED) is 0.781. The number of amides is 1. The number of likely N-dealkylation sites (tertiary alicyclic amines) is 1. The Bertz CT molecular complexity index is 399. The highest BCUT2D eigenvalue weighted by molar-refractivity contribution is 5.98. The molecule has 17 heavy (non-hydrogen) atoms. The van der Waals surface area contributed by atoms with Crippen LogP contribution in [0.25, 0.3) is 0 Å². The molecule has 5 nitrogen and oxygen atoms in total. The van der Waals surface area contributed by atoms with Crippen LogP contribution in [0.1, 0.15) is 23.2 Å². The normalized spacial score (nSPS) is 17.9. The van der Waals surface area contributed by atoms with Gasteiger partial charge in [-0.15, -0.1) is 0 Å². The highest BCUT2D eigenvalue weighted by atomic mass is 16.1. The number of hydrogen-bond acceptors (Lipinski definition) is 4. The maximum atomic E-state index is 12.0. The van der Waals surface area contributed by atoms with E-state index in [1.165, 1.54) is 6.20 Å². The van der Waals surface area contributed by atoms with Crippen LogP contribution in [-0.2, 0) is 0 Å². The Balaban J connectivity index is 1.96. The lowest BCUT2D eigenvalue weighted by Gasteiger charge is -2.29. The number of nitrogens with one attached hydrogen (secondary N) is 1. The molecule has 3 N–H and O–H groups in total. The molecule has 0 saturated carbocycles. The molecule has 2 heterocycles. The van der Waals surface area contributed by atoms with E-state index in [9.17, 15) is 4.79 Å². The molecular weight excluding hydrogens is 216 g/mol. The summed E-state index contributed by atoms with van der Waals surface area (Å²) < 4.78 is 0. The predicted molar refractivity (Wildman–Crippen MR) is 66.6 cm³/mol. The van der Waals surface area contributed by atoms with Crippen LogP contribution < -0.4 is 11.1 Å². The van der Waals surface area contributed by atoms with Gasteiger partial charge in [0.05, 0.1) is 17.4 Å². The molecule has 1 saturated heterocycles. The molecule has 1 aliphatic heterocycles. The minimum Gasteiger partial charge on any atom is -0.397 e. The molecule has 1 fully saturated rings. The summed E-state index contributed by atoms with van der Waals surface area (Å²) in [5.41, 5.74) is 6.66. The molecule has 0 aliphatic carbocycles. The minimum absolute atomic E-state index is 0.0977. The average Bonchev–Trinajstić information content (AvgIpc) is 2.32. The van der Waals surface area contributed by atoms with E-state index in [0.29, 0.717) is 11.3 Å². The van der Waals surface area contributed by atoms with Gasteiger partial charge in [0.25, 0.3) is 5.91 Å². The number of rotatable bonds is 2. The number of pyridine rings is 1. The Morgan fingerprint density at radius 1 is 1.53 bits per heavy atom. The monoisotopic (exact) mass is 234 g/mol. The first-order valence-electron chi connectivity index (χ1n) is 5.85. The molecule has 2 rings (SSSR count). The van der Waals surface area contributed by atoms with Gasteiger partial charge in [-0.3, -0.25) is 9.78 Å². The molecule has 0 unspecified atom stereocenters. The largest absolute Gasteiger partial charge is 0.397 e. The Labute approximate surface area is 101 Å². The highest BCUT2D eigenvalue weighted by Crippen LogP contribution is 2.12. The smallest absolute Gasteiger partial charge is 0.253 e. The summed E-state index contributed by atoms with van der Waals surface area (Å²) in [6, 6.07) is 1.91. The van der Waals surface area contributed by atoms with E-state index in [4.69, 9.17) is 5.73 Å². The standard InChI is InChI=1S/C12H18N4O/c1-16-6-3-9(4-7-16)15-12(17)10-2-5-14-8-11(10)13/h2,5,8-9H,3-4,6-7,13H2,1H3,(H,15,17). The maximum absolute atomic E-state index is 12.0. The number of carbonyl (C=O) groups excluding carboxylic acids is 1. The van der Waals surface area contributed by atoms with Crippen LogP contribution in [0.5, 0.6) is 0 Å². The number of nitrogens with zero attached hydrogens (tertiary/aromatic N) is 2. The van der Waals surface area contributed by atoms with E-state index >= 15 is 0 Å². The van der Waals surface area contributed by atoms with Crippen molar-refractivity contribution < 1.29 is 4.79 Å². The molecule has 0 radical (unpaired) electrons. The van der Waals surface area contributed by atoms with Crippen molar-refractivity contribution >= 4 is 11.6 Å².